The highest BCUT2D eigenvalue weighted by molar-refractivity contribution is 5.98. The molecule has 0 unspecified atom stereocenters. The summed E-state index contributed by atoms with van der Waals surface area (Å²) in [5, 5.41) is 0.590. The van der Waals surface area contributed by atoms with Crippen LogP contribution in [0.25, 0.3) is 10.9 Å². The third kappa shape index (κ3) is 6.31. The van der Waals surface area contributed by atoms with E-state index in [-0.39, 0.29) is 17.8 Å². The van der Waals surface area contributed by atoms with Gasteiger partial charge in [-0.25, -0.2) is 4.98 Å². The van der Waals surface area contributed by atoms with E-state index >= 15 is 0 Å². The SMILES string of the molecule is Cc1cc2cc(C(=O)N(CCOC(F)(F)F)Cc3ccc(C(F)(F)F)cn3)ccc2nc1N. The maximum atomic E-state index is 13.1. The third-order valence-electron chi connectivity index (χ3n) is 4.71. The molecule has 0 saturated carbocycles. The number of aryl methyl sites for hydroxylation is 1. The van der Waals surface area contributed by atoms with E-state index in [2.05, 4.69) is 14.7 Å². The van der Waals surface area contributed by atoms with Crippen molar-refractivity contribution >= 4 is 22.6 Å². The number of anilines is 1. The Labute approximate surface area is 184 Å². The second-order valence-electron chi connectivity index (χ2n) is 7.15. The fraction of sp³-hybridized carbons (Fsp3) is 0.286. The van der Waals surface area contributed by atoms with Gasteiger partial charge in [-0.05, 0) is 48.9 Å². The van der Waals surface area contributed by atoms with Gasteiger partial charge in [0.25, 0.3) is 5.91 Å². The lowest BCUT2D eigenvalue weighted by Crippen LogP contribution is -2.35. The molecule has 1 aromatic carbocycles. The van der Waals surface area contributed by atoms with E-state index in [0.29, 0.717) is 28.5 Å². The van der Waals surface area contributed by atoms with Gasteiger partial charge in [-0.1, -0.05) is 0 Å². The lowest BCUT2D eigenvalue weighted by atomic mass is 10.1. The number of alkyl halides is 6. The van der Waals surface area contributed by atoms with Crippen molar-refractivity contribution < 1.29 is 35.9 Å². The summed E-state index contributed by atoms with van der Waals surface area (Å²) in [6, 6.07) is 8.04. The lowest BCUT2D eigenvalue weighted by Gasteiger charge is -2.23. The fourth-order valence-electron chi connectivity index (χ4n) is 3.02. The molecule has 12 heteroatoms. The number of nitrogens with zero attached hydrogens (tertiary/aromatic N) is 3. The fourth-order valence-corrected chi connectivity index (χ4v) is 3.02. The van der Waals surface area contributed by atoms with Gasteiger partial charge in [0, 0.05) is 23.7 Å². The average Bonchev–Trinajstić information content (AvgIpc) is 2.72. The minimum atomic E-state index is -4.90. The van der Waals surface area contributed by atoms with Crippen LogP contribution in [0, 0.1) is 6.92 Å². The van der Waals surface area contributed by atoms with Crippen molar-refractivity contribution in [3.8, 4) is 0 Å². The summed E-state index contributed by atoms with van der Waals surface area (Å²) in [6.45, 7) is 0.0708. The number of amides is 1. The van der Waals surface area contributed by atoms with Gasteiger partial charge in [-0.3, -0.25) is 14.5 Å². The maximum Gasteiger partial charge on any atom is 0.522 e. The number of pyridine rings is 2. The average molecular weight is 472 g/mol. The zero-order valence-electron chi connectivity index (χ0n) is 17.2. The summed E-state index contributed by atoms with van der Waals surface area (Å²) in [7, 11) is 0. The molecule has 0 spiro atoms. The molecule has 0 radical (unpaired) electrons. The lowest BCUT2D eigenvalue weighted by molar-refractivity contribution is -0.324. The highest BCUT2D eigenvalue weighted by Gasteiger charge is 2.31. The van der Waals surface area contributed by atoms with Crippen LogP contribution in [0.5, 0.6) is 0 Å². The van der Waals surface area contributed by atoms with E-state index in [1.807, 2.05) is 0 Å². The van der Waals surface area contributed by atoms with Crippen LogP contribution in [0.15, 0.2) is 42.6 Å². The summed E-state index contributed by atoms with van der Waals surface area (Å²) in [5.74, 6) is -0.334. The number of hydrogen-bond acceptors (Lipinski definition) is 5. The zero-order chi connectivity index (χ0) is 24.4. The summed E-state index contributed by atoms with van der Waals surface area (Å²) in [6.07, 6.45) is -8.89. The molecule has 6 nitrogen and oxygen atoms in total. The molecule has 0 saturated heterocycles. The molecule has 33 heavy (non-hydrogen) atoms. The van der Waals surface area contributed by atoms with Gasteiger partial charge in [0.15, 0.2) is 0 Å². The third-order valence-corrected chi connectivity index (χ3v) is 4.71. The molecule has 0 fully saturated rings. The molecular weight excluding hydrogens is 454 g/mol. The van der Waals surface area contributed by atoms with Crippen molar-refractivity contribution in [2.75, 3.05) is 18.9 Å². The first-order valence-corrected chi connectivity index (χ1v) is 9.52. The molecule has 176 valence electrons. The van der Waals surface area contributed by atoms with Gasteiger partial charge in [-0.15, -0.1) is 13.2 Å². The summed E-state index contributed by atoms with van der Waals surface area (Å²) < 4.78 is 79.2. The highest BCUT2D eigenvalue weighted by Crippen LogP contribution is 2.28. The Balaban J connectivity index is 1.87. The summed E-state index contributed by atoms with van der Waals surface area (Å²) in [5.41, 5.74) is 6.20. The first-order chi connectivity index (χ1) is 15.3. The molecule has 0 atom stereocenters. The molecule has 0 aliphatic heterocycles. The Hall–Kier alpha value is -3.41. The Morgan fingerprint density at radius 3 is 2.42 bits per heavy atom. The van der Waals surface area contributed by atoms with Crippen LogP contribution in [0.1, 0.15) is 27.2 Å². The predicted molar refractivity (Wildman–Crippen MR) is 107 cm³/mol. The molecule has 3 aromatic rings. The van der Waals surface area contributed by atoms with E-state index < -0.39 is 37.2 Å². The number of ether oxygens (including phenoxy) is 1. The molecule has 2 aromatic heterocycles. The Morgan fingerprint density at radius 2 is 1.82 bits per heavy atom. The number of fused-ring (bicyclic) bond motifs is 1. The van der Waals surface area contributed by atoms with Gasteiger partial charge in [-0.2, -0.15) is 13.2 Å². The largest absolute Gasteiger partial charge is 0.522 e. The number of benzene rings is 1. The highest BCUT2D eigenvalue weighted by atomic mass is 19.4. The molecule has 3 rings (SSSR count). The molecule has 2 heterocycles. The number of rotatable bonds is 6. The minimum Gasteiger partial charge on any atom is -0.383 e. The van der Waals surface area contributed by atoms with Crippen LogP contribution in [0.2, 0.25) is 0 Å². The van der Waals surface area contributed by atoms with Crippen LogP contribution < -0.4 is 5.73 Å². The van der Waals surface area contributed by atoms with Crippen molar-refractivity contribution in [2.24, 2.45) is 0 Å². The van der Waals surface area contributed by atoms with Crippen LogP contribution in [-0.2, 0) is 17.5 Å². The van der Waals surface area contributed by atoms with Gasteiger partial charge in [0.05, 0.1) is 29.9 Å². The first kappa shape index (κ1) is 24.2. The summed E-state index contributed by atoms with van der Waals surface area (Å²) in [4.78, 5) is 22.0. The van der Waals surface area contributed by atoms with Gasteiger partial charge >= 0.3 is 12.5 Å². The van der Waals surface area contributed by atoms with E-state index in [9.17, 15) is 31.1 Å². The van der Waals surface area contributed by atoms with E-state index in [0.717, 1.165) is 17.0 Å². The number of nitrogens with two attached hydrogens (primary N) is 1. The van der Waals surface area contributed by atoms with Gasteiger partial charge in [0.2, 0.25) is 0 Å². The van der Waals surface area contributed by atoms with Crippen molar-refractivity contribution in [1.29, 1.82) is 0 Å². The smallest absolute Gasteiger partial charge is 0.383 e. The zero-order valence-corrected chi connectivity index (χ0v) is 17.2. The quantitative estimate of drug-likeness (QED) is 0.526. The van der Waals surface area contributed by atoms with E-state index in [4.69, 9.17) is 5.73 Å². The molecule has 0 bridgehead atoms. The van der Waals surface area contributed by atoms with Gasteiger partial charge < -0.3 is 10.6 Å². The Bertz CT molecular complexity index is 1150. The number of nitrogen functional groups attached to an aromatic ring is 1. The molecule has 0 aliphatic rings. The molecule has 0 aliphatic carbocycles. The standard InChI is InChI=1S/C21H18F6N4O2/c1-12-8-14-9-13(2-5-17(14)30-18(12)28)19(32)31(6-7-33-21(25,26)27)11-16-4-3-15(10-29-16)20(22,23)24/h2-5,8-10H,6-7,11H2,1H3,(H2,28,30). The summed E-state index contributed by atoms with van der Waals surface area (Å²) >= 11 is 0. The van der Waals surface area contributed by atoms with Crippen molar-refractivity contribution in [3.63, 3.8) is 0 Å². The van der Waals surface area contributed by atoms with E-state index in [1.165, 1.54) is 12.1 Å². The number of carbonyl (C=O) groups is 1. The normalized spacial score (nSPS) is 12.2. The number of hydrogen-bond donors (Lipinski definition) is 1. The Kier molecular flexibility index (Phi) is 6.77. The van der Waals surface area contributed by atoms with Crippen molar-refractivity contribution in [3.05, 3.63) is 65.0 Å². The van der Waals surface area contributed by atoms with Crippen LogP contribution in [0.3, 0.4) is 0 Å². The van der Waals surface area contributed by atoms with Crippen LogP contribution in [0.4, 0.5) is 32.2 Å². The molecule has 1 amide bonds. The minimum absolute atomic E-state index is 0.0643. The topological polar surface area (TPSA) is 81.3 Å². The van der Waals surface area contributed by atoms with Gasteiger partial charge in [0.1, 0.15) is 5.82 Å². The number of halogens is 6. The van der Waals surface area contributed by atoms with Crippen molar-refractivity contribution in [1.82, 2.24) is 14.9 Å². The Morgan fingerprint density at radius 1 is 1.09 bits per heavy atom. The predicted octanol–water partition coefficient (Wildman–Crippen LogP) is 4.72. The second-order valence-corrected chi connectivity index (χ2v) is 7.15. The maximum absolute atomic E-state index is 13.1. The van der Waals surface area contributed by atoms with Crippen molar-refractivity contribution in [2.45, 2.75) is 26.0 Å². The van der Waals surface area contributed by atoms with Crippen LogP contribution >= 0.6 is 0 Å². The van der Waals surface area contributed by atoms with Crippen LogP contribution in [-0.4, -0.2) is 40.3 Å². The number of carbonyl (C=O) groups excluding carboxylic acids is 1. The number of aromatic nitrogens is 2. The van der Waals surface area contributed by atoms with E-state index in [1.54, 1.807) is 19.1 Å². The second kappa shape index (κ2) is 9.22. The molecular formula is C21H18F6N4O2. The first-order valence-electron chi connectivity index (χ1n) is 9.52. The molecule has 2 N–H and O–H groups in total. The monoisotopic (exact) mass is 472 g/mol.